The van der Waals surface area contributed by atoms with E-state index in [9.17, 15) is 14.7 Å². The van der Waals surface area contributed by atoms with Gasteiger partial charge in [-0.2, -0.15) is 0 Å². The molecule has 0 radical (unpaired) electrons. The molecule has 6 heteroatoms. The molecule has 1 atom stereocenters. The number of para-hydroxylation sites is 1. The summed E-state index contributed by atoms with van der Waals surface area (Å²) in [6.45, 7) is 1.67. The first kappa shape index (κ1) is 15.3. The molecule has 1 aliphatic rings. The third-order valence-electron chi connectivity index (χ3n) is 3.54. The Morgan fingerprint density at radius 3 is 2.90 bits per heavy atom. The second-order valence-corrected chi connectivity index (χ2v) is 5.03. The van der Waals surface area contributed by atoms with E-state index >= 15 is 0 Å². The van der Waals surface area contributed by atoms with Gasteiger partial charge in [0.15, 0.2) is 0 Å². The Morgan fingerprint density at radius 2 is 2.19 bits per heavy atom. The summed E-state index contributed by atoms with van der Waals surface area (Å²) in [6.07, 6.45) is 0.760. The molecule has 0 aliphatic carbocycles. The molecule has 0 saturated carbocycles. The van der Waals surface area contributed by atoms with Gasteiger partial charge in [-0.1, -0.05) is 18.2 Å². The fraction of sp³-hybridized carbons (Fsp3) is 0.467. The SMILES string of the molecule is COCCCNC(=O)CN1CC(C(=O)O)c2ccccc21. The van der Waals surface area contributed by atoms with Crippen LogP contribution in [0.25, 0.3) is 0 Å². The van der Waals surface area contributed by atoms with E-state index in [2.05, 4.69) is 5.32 Å². The van der Waals surface area contributed by atoms with Gasteiger partial charge in [0.2, 0.25) is 5.91 Å². The van der Waals surface area contributed by atoms with Gasteiger partial charge in [0.1, 0.15) is 5.92 Å². The highest BCUT2D eigenvalue weighted by molar-refractivity contribution is 5.87. The fourth-order valence-corrected chi connectivity index (χ4v) is 2.52. The van der Waals surface area contributed by atoms with Crippen molar-refractivity contribution >= 4 is 17.6 Å². The number of nitrogens with one attached hydrogen (secondary N) is 1. The van der Waals surface area contributed by atoms with Crippen molar-refractivity contribution in [2.24, 2.45) is 0 Å². The maximum absolute atomic E-state index is 11.9. The molecular formula is C15H20N2O4. The van der Waals surface area contributed by atoms with E-state index in [-0.39, 0.29) is 12.5 Å². The number of rotatable bonds is 7. The van der Waals surface area contributed by atoms with Crippen LogP contribution in [0.3, 0.4) is 0 Å². The summed E-state index contributed by atoms with van der Waals surface area (Å²) in [4.78, 5) is 25.0. The number of hydrogen-bond donors (Lipinski definition) is 2. The lowest BCUT2D eigenvalue weighted by molar-refractivity contribution is -0.138. The first-order chi connectivity index (χ1) is 10.1. The number of methoxy groups -OCH3 is 1. The van der Waals surface area contributed by atoms with Crippen LogP contribution in [0.1, 0.15) is 17.9 Å². The largest absolute Gasteiger partial charge is 0.481 e. The van der Waals surface area contributed by atoms with E-state index in [0.29, 0.717) is 19.7 Å². The second-order valence-electron chi connectivity index (χ2n) is 5.03. The first-order valence-corrected chi connectivity index (χ1v) is 6.95. The number of carboxylic acid groups (broad SMARTS) is 1. The van der Waals surface area contributed by atoms with E-state index < -0.39 is 11.9 Å². The van der Waals surface area contributed by atoms with Crippen LogP contribution in [0.15, 0.2) is 24.3 Å². The number of carboxylic acids is 1. The van der Waals surface area contributed by atoms with Crippen molar-refractivity contribution < 1.29 is 19.4 Å². The molecule has 0 aromatic heterocycles. The van der Waals surface area contributed by atoms with E-state index in [4.69, 9.17) is 4.74 Å². The summed E-state index contributed by atoms with van der Waals surface area (Å²) in [7, 11) is 1.62. The molecule has 6 nitrogen and oxygen atoms in total. The van der Waals surface area contributed by atoms with Gasteiger partial charge in [-0.15, -0.1) is 0 Å². The molecule has 2 N–H and O–H groups in total. The fourth-order valence-electron chi connectivity index (χ4n) is 2.52. The minimum Gasteiger partial charge on any atom is -0.481 e. The zero-order valence-electron chi connectivity index (χ0n) is 12.0. The number of carbonyl (C=O) groups is 2. The van der Waals surface area contributed by atoms with Gasteiger partial charge in [-0.3, -0.25) is 9.59 Å². The molecule has 21 heavy (non-hydrogen) atoms. The van der Waals surface area contributed by atoms with E-state index in [1.807, 2.05) is 29.2 Å². The van der Waals surface area contributed by atoms with Gasteiger partial charge < -0.3 is 20.1 Å². The topological polar surface area (TPSA) is 78.9 Å². The minimum atomic E-state index is -0.856. The number of aliphatic carboxylic acids is 1. The molecule has 1 aliphatic heterocycles. The summed E-state index contributed by atoms with van der Waals surface area (Å²) in [5.74, 6) is -1.53. The molecular weight excluding hydrogens is 272 g/mol. The van der Waals surface area contributed by atoms with Gasteiger partial charge in [-0.25, -0.2) is 0 Å². The Morgan fingerprint density at radius 1 is 1.43 bits per heavy atom. The quantitative estimate of drug-likeness (QED) is 0.728. The highest BCUT2D eigenvalue weighted by Gasteiger charge is 2.33. The number of ether oxygens (including phenoxy) is 1. The number of nitrogens with zero attached hydrogens (tertiary/aromatic N) is 1. The van der Waals surface area contributed by atoms with Gasteiger partial charge in [0, 0.05) is 32.5 Å². The molecule has 2 rings (SSSR count). The van der Waals surface area contributed by atoms with E-state index in [0.717, 1.165) is 17.7 Å². The van der Waals surface area contributed by atoms with Crippen molar-refractivity contribution in [1.29, 1.82) is 0 Å². The van der Waals surface area contributed by atoms with Crippen molar-refractivity contribution in [2.45, 2.75) is 12.3 Å². The normalized spacial score (nSPS) is 16.6. The summed E-state index contributed by atoms with van der Waals surface area (Å²) in [6, 6.07) is 7.34. The van der Waals surface area contributed by atoms with Crippen LogP contribution in [0.4, 0.5) is 5.69 Å². The predicted octanol–water partition coefficient (Wildman–Crippen LogP) is 0.828. The van der Waals surface area contributed by atoms with Crippen LogP contribution >= 0.6 is 0 Å². The van der Waals surface area contributed by atoms with Crippen molar-refractivity contribution in [1.82, 2.24) is 5.32 Å². The molecule has 1 heterocycles. The summed E-state index contributed by atoms with van der Waals surface area (Å²) < 4.78 is 4.92. The Labute approximate surface area is 123 Å². The Kier molecular flexibility index (Phi) is 5.16. The molecule has 1 aromatic carbocycles. The van der Waals surface area contributed by atoms with Crippen LogP contribution in [0, 0.1) is 0 Å². The molecule has 1 aromatic rings. The van der Waals surface area contributed by atoms with E-state index in [1.54, 1.807) is 7.11 Å². The number of hydrogen-bond acceptors (Lipinski definition) is 4. The minimum absolute atomic E-state index is 0.105. The number of amides is 1. The molecule has 1 amide bonds. The average molecular weight is 292 g/mol. The van der Waals surface area contributed by atoms with Crippen molar-refractivity contribution in [3.63, 3.8) is 0 Å². The van der Waals surface area contributed by atoms with Crippen LogP contribution in [0.2, 0.25) is 0 Å². The maximum Gasteiger partial charge on any atom is 0.312 e. The highest BCUT2D eigenvalue weighted by atomic mass is 16.5. The van der Waals surface area contributed by atoms with Crippen molar-refractivity contribution in [2.75, 3.05) is 38.3 Å². The van der Waals surface area contributed by atoms with Crippen molar-refractivity contribution in [3.05, 3.63) is 29.8 Å². The zero-order valence-corrected chi connectivity index (χ0v) is 12.0. The average Bonchev–Trinajstić information content (AvgIpc) is 2.83. The number of fused-ring (bicyclic) bond motifs is 1. The second kappa shape index (κ2) is 7.08. The van der Waals surface area contributed by atoms with Crippen LogP contribution in [0.5, 0.6) is 0 Å². The summed E-state index contributed by atoms with van der Waals surface area (Å²) >= 11 is 0. The number of anilines is 1. The summed E-state index contributed by atoms with van der Waals surface area (Å²) in [5.41, 5.74) is 1.61. The maximum atomic E-state index is 11.9. The van der Waals surface area contributed by atoms with Gasteiger partial charge in [0.05, 0.1) is 6.54 Å². The third-order valence-corrected chi connectivity index (χ3v) is 3.54. The zero-order chi connectivity index (χ0) is 15.2. The van der Waals surface area contributed by atoms with Gasteiger partial charge in [0.25, 0.3) is 0 Å². The highest BCUT2D eigenvalue weighted by Crippen LogP contribution is 2.35. The lowest BCUT2D eigenvalue weighted by Crippen LogP contribution is -2.37. The standard InChI is InChI=1S/C15H20N2O4/c1-21-8-4-7-16-14(18)10-17-9-12(15(19)20)11-5-2-3-6-13(11)17/h2-3,5-6,12H,4,7-10H2,1H3,(H,16,18)(H,19,20). The number of carbonyl (C=O) groups excluding carboxylic acids is 1. The lowest BCUT2D eigenvalue weighted by Gasteiger charge is -2.18. The first-order valence-electron chi connectivity index (χ1n) is 6.95. The molecule has 114 valence electrons. The molecule has 0 bridgehead atoms. The number of benzene rings is 1. The van der Waals surface area contributed by atoms with Crippen LogP contribution in [-0.4, -0.2) is 50.3 Å². The Balaban J connectivity index is 1.95. The lowest BCUT2D eigenvalue weighted by atomic mass is 10.0. The third kappa shape index (κ3) is 3.72. The van der Waals surface area contributed by atoms with E-state index in [1.165, 1.54) is 0 Å². The summed E-state index contributed by atoms with van der Waals surface area (Å²) in [5, 5.41) is 12.1. The monoisotopic (exact) mass is 292 g/mol. The van der Waals surface area contributed by atoms with Crippen LogP contribution in [-0.2, 0) is 14.3 Å². The Hall–Kier alpha value is -2.08. The van der Waals surface area contributed by atoms with Crippen molar-refractivity contribution in [3.8, 4) is 0 Å². The molecule has 1 unspecified atom stereocenters. The van der Waals surface area contributed by atoms with Gasteiger partial charge in [-0.05, 0) is 18.1 Å². The smallest absolute Gasteiger partial charge is 0.312 e. The Bertz CT molecular complexity index is 518. The molecule has 0 saturated heterocycles. The van der Waals surface area contributed by atoms with Gasteiger partial charge >= 0.3 is 5.97 Å². The molecule has 0 fully saturated rings. The van der Waals surface area contributed by atoms with Crippen LogP contribution < -0.4 is 10.2 Å². The predicted molar refractivity (Wildman–Crippen MR) is 78.5 cm³/mol. The molecule has 0 spiro atoms.